The molecule has 1 aromatic heterocycles. The third kappa shape index (κ3) is 4.67. The third-order valence-electron chi connectivity index (χ3n) is 5.18. The molecule has 3 rings (SSSR count). The summed E-state index contributed by atoms with van der Waals surface area (Å²) in [6, 6.07) is 16.2. The van der Waals surface area contributed by atoms with E-state index in [2.05, 4.69) is 22.0 Å². The van der Waals surface area contributed by atoms with Gasteiger partial charge in [-0.1, -0.05) is 36.4 Å². The molecule has 1 aliphatic heterocycles. The minimum Gasteiger partial charge on any atom is -0.481 e. The fourth-order valence-corrected chi connectivity index (χ4v) is 3.84. The fraction of sp³-hybridized carbons (Fsp3) is 0.429. The number of aromatic nitrogens is 1. The standard InChI is InChI=1S/C21H26N2O2/c24-20(25)21(12-6-10-18-8-2-1-3-9-18)13-7-15-23(17-21)16-19-11-4-5-14-22-19/h1-5,8-9,11,14H,6-7,10,12-13,15-17H2,(H,24,25)/t21-/m1/s1. The topological polar surface area (TPSA) is 53.4 Å². The summed E-state index contributed by atoms with van der Waals surface area (Å²) >= 11 is 0. The molecule has 1 atom stereocenters. The molecule has 2 aromatic rings. The van der Waals surface area contributed by atoms with E-state index in [4.69, 9.17) is 0 Å². The van der Waals surface area contributed by atoms with Crippen molar-refractivity contribution in [3.63, 3.8) is 0 Å². The van der Waals surface area contributed by atoms with Crippen molar-refractivity contribution >= 4 is 5.97 Å². The molecule has 1 fully saturated rings. The molecular weight excluding hydrogens is 312 g/mol. The van der Waals surface area contributed by atoms with Gasteiger partial charge in [0, 0.05) is 19.3 Å². The second-order valence-electron chi connectivity index (χ2n) is 7.06. The summed E-state index contributed by atoms with van der Waals surface area (Å²) in [6.45, 7) is 2.30. The molecule has 4 nitrogen and oxygen atoms in total. The van der Waals surface area contributed by atoms with Gasteiger partial charge in [0.25, 0.3) is 0 Å². The maximum Gasteiger partial charge on any atom is 0.310 e. The molecule has 0 bridgehead atoms. The average Bonchev–Trinajstić information content (AvgIpc) is 2.64. The molecule has 2 heterocycles. The largest absolute Gasteiger partial charge is 0.481 e. The highest BCUT2D eigenvalue weighted by molar-refractivity contribution is 5.75. The lowest BCUT2D eigenvalue weighted by Crippen LogP contribution is -2.47. The SMILES string of the molecule is O=C(O)[C@]1(CCCc2ccccc2)CCCN(Cc2ccccn2)C1. The molecular formula is C21H26N2O2. The van der Waals surface area contributed by atoms with Crippen LogP contribution < -0.4 is 0 Å². The summed E-state index contributed by atoms with van der Waals surface area (Å²) in [7, 11) is 0. The molecule has 25 heavy (non-hydrogen) atoms. The van der Waals surface area contributed by atoms with Gasteiger partial charge in [-0.3, -0.25) is 14.7 Å². The van der Waals surface area contributed by atoms with Crippen LogP contribution in [0.2, 0.25) is 0 Å². The van der Waals surface area contributed by atoms with Crippen molar-refractivity contribution in [3.8, 4) is 0 Å². The zero-order valence-corrected chi connectivity index (χ0v) is 14.6. The molecule has 1 aromatic carbocycles. The summed E-state index contributed by atoms with van der Waals surface area (Å²) in [6.07, 6.45) is 6.09. The summed E-state index contributed by atoms with van der Waals surface area (Å²) in [5, 5.41) is 9.93. The Labute approximate surface area is 149 Å². The summed E-state index contributed by atoms with van der Waals surface area (Å²) < 4.78 is 0. The molecule has 0 spiro atoms. The van der Waals surface area contributed by atoms with E-state index in [-0.39, 0.29) is 0 Å². The first-order chi connectivity index (χ1) is 12.2. The van der Waals surface area contributed by atoms with Crippen LogP contribution in [0.1, 0.15) is 36.9 Å². The number of carbonyl (C=O) groups is 1. The fourth-order valence-electron chi connectivity index (χ4n) is 3.84. The minimum absolute atomic E-state index is 0.619. The zero-order chi connectivity index (χ0) is 17.5. The monoisotopic (exact) mass is 338 g/mol. The Balaban J connectivity index is 1.61. The summed E-state index contributed by atoms with van der Waals surface area (Å²) in [5.41, 5.74) is 1.67. The number of pyridine rings is 1. The highest BCUT2D eigenvalue weighted by Gasteiger charge is 2.41. The van der Waals surface area contributed by atoms with Gasteiger partial charge in [-0.15, -0.1) is 0 Å². The van der Waals surface area contributed by atoms with Crippen LogP contribution in [-0.4, -0.2) is 34.0 Å². The number of hydrogen-bond acceptors (Lipinski definition) is 3. The van der Waals surface area contributed by atoms with E-state index in [1.54, 1.807) is 6.20 Å². The Kier molecular flexibility index (Phi) is 5.82. The van der Waals surface area contributed by atoms with Gasteiger partial charge in [0.2, 0.25) is 0 Å². The van der Waals surface area contributed by atoms with E-state index >= 15 is 0 Å². The van der Waals surface area contributed by atoms with Crippen LogP contribution in [0.15, 0.2) is 54.7 Å². The Morgan fingerprint density at radius 3 is 2.68 bits per heavy atom. The van der Waals surface area contributed by atoms with Gasteiger partial charge >= 0.3 is 5.97 Å². The lowest BCUT2D eigenvalue weighted by Gasteiger charge is -2.40. The van der Waals surface area contributed by atoms with Crippen molar-refractivity contribution < 1.29 is 9.90 Å². The Morgan fingerprint density at radius 2 is 1.96 bits per heavy atom. The van der Waals surface area contributed by atoms with Gasteiger partial charge in [-0.2, -0.15) is 0 Å². The highest BCUT2D eigenvalue weighted by Crippen LogP contribution is 2.36. The van der Waals surface area contributed by atoms with Gasteiger partial charge in [0.1, 0.15) is 0 Å². The number of carboxylic acid groups (broad SMARTS) is 1. The molecule has 1 aliphatic rings. The molecule has 0 saturated carbocycles. The van der Waals surface area contributed by atoms with E-state index in [1.165, 1.54) is 5.56 Å². The molecule has 0 amide bonds. The zero-order valence-electron chi connectivity index (χ0n) is 14.6. The predicted octanol–water partition coefficient (Wildman–Crippen LogP) is 3.77. The van der Waals surface area contributed by atoms with Crippen molar-refractivity contribution in [1.82, 2.24) is 9.88 Å². The van der Waals surface area contributed by atoms with Gasteiger partial charge in [0.15, 0.2) is 0 Å². The van der Waals surface area contributed by atoms with Gasteiger partial charge in [-0.25, -0.2) is 0 Å². The quantitative estimate of drug-likeness (QED) is 0.835. The van der Waals surface area contributed by atoms with Crippen LogP contribution in [-0.2, 0) is 17.8 Å². The molecule has 0 radical (unpaired) electrons. The molecule has 1 N–H and O–H groups in total. The maximum atomic E-state index is 12.1. The van der Waals surface area contributed by atoms with Crippen molar-refractivity contribution in [3.05, 3.63) is 66.0 Å². The van der Waals surface area contributed by atoms with Gasteiger partial charge < -0.3 is 5.11 Å². The predicted molar refractivity (Wildman–Crippen MR) is 98.2 cm³/mol. The molecule has 132 valence electrons. The number of likely N-dealkylation sites (tertiary alicyclic amines) is 1. The lowest BCUT2D eigenvalue weighted by atomic mass is 9.75. The smallest absolute Gasteiger partial charge is 0.310 e. The third-order valence-corrected chi connectivity index (χ3v) is 5.18. The second-order valence-corrected chi connectivity index (χ2v) is 7.06. The first-order valence-corrected chi connectivity index (χ1v) is 9.08. The number of benzene rings is 1. The van der Waals surface area contributed by atoms with Crippen LogP contribution >= 0.6 is 0 Å². The normalized spacial score (nSPS) is 21.1. The van der Waals surface area contributed by atoms with Crippen LogP contribution in [0.4, 0.5) is 0 Å². The first-order valence-electron chi connectivity index (χ1n) is 9.08. The van der Waals surface area contributed by atoms with E-state index < -0.39 is 11.4 Å². The minimum atomic E-state index is -0.647. The number of rotatable bonds is 7. The van der Waals surface area contributed by atoms with Crippen LogP contribution in [0.3, 0.4) is 0 Å². The van der Waals surface area contributed by atoms with Crippen LogP contribution in [0, 0.1) is 5.41 Å². The first kappa shape index (κ1) is 17.6. The second kappa shape index (κ2) is 8.26. The maximum absolute atomic E-state index is 12.1. The number of carboxylic acids is 1. The van der Waals surface area contributed by atoms with Crippen molar-refractivity contribution in [2.24, 2.45) is 5.41 Å². The lowest BCUT2D eigenvalue weighted by molar-refractivity contribution is -0.153. The molecule has 0 unspecified atom stereocenters. The summed E-state index contributed by atoms with van der Waals surface area (Å²) in [4.78, 5) is 18.7. The summed E-state index contributed by atoms with van der Waals surface area (Å²) in [5.74, 6) is -0.647. The highest BCUT2D eigenvalue weighted by atomic mass is 16.4. The number of aryl methyl sites for hydroxylation is 1. The van der Waals surface area contributed by atoms with E-state index in [0.29, 0.717) is 6.54 Å². The number of aliphatic carboxylic acids is 1. The number of piperidine rings is 1. The number of nitrogens with zero attached hydrogens (tertiary/aromatic N) is 2. The average molecular weight is 338 g/mol. The van der Waals surface area contributed by atoms with Crippen molar-refractivity contribution in [1.29, 1.82) is 0 Å². The molecule has 0 aliphatic carbocycles. The Bertz CT molecular complexity index is 675. The Hall–Kier alpha value is -2.20. The Morgan fingerprint density at radius 1 is 1.16 bits per heavy atom. The van der Waals surface area contributed by atoms with E-state index in [0.717, 1.165) is 50.9 Å². The van der Waals surface area contributed by atoms with Crippen molar-refractivity contribution in [2.45, 2.75) is 38.6 Å². The van der Waals surface area contributed by atoms with E-state index in [9.17, 15) is 9.90 Å². The van der Waals surface area contributed by atoms with Crippen LogP contribution in [0.5, 0.6) is 0 Å². The molecule has 1 saturated heterocycles. The van der Waals surface area contributed by atoms with Crippen LogP contribution in [0.25, 0.3) is 0 Å². The van der Waals surface area contributed by atoms with Crippen molar-refractivity contribution in [2.75, 3.05) is 13.1 Å². The molecule has 4 heteroatoms. The van der Waals surface area contributed by atoms with Gasteiger partial charge in [-0.05, 0) is 56.3 Å². The van der Waals surface area contributed by atoms with E-state index in [1.807, 2.05) is 36.4 Å². The van der Waals surface area contributed by atoms with Gasteiger partial charge in [0.05, 0.1) is 11.1 Å². The number of hydrogen-bond donors (Lipinski definition) is 1.